The second-order valence-corrected chi connectivity index (χ2v) is 5.77. The predicted molar refractivity (Wildman–Crippen MR) is 85.9 cm³/mol. The van der Waals surface area contributed by atoms with Crippen LogP contribution in [0.25, 0.3) is 4.96 Å². The molecule has 7 heteroatoms. The van der Waals surface area contributed by atoms with Gasteiger partial charge in [-0.25, -0.2) is 0 Å². The molecule has 0 spiro atoms. The molecule has 2 heterocycles. The average Bonchev–Trinajstić information content (AvgIpc) is 3.03. The van der Waals surface area contributed by atoms with E-state index in [0.717, 1.165) is 27.9 Å². The number of hydrogen-bond donors (Lipinski definition) is 1. The molecule has 3 aromatic rings. The van der Waals surface area contributed by atoms with E-state index in [9.17, 15) is 4.79 Å². The highest BCUT2D eigenvalue weighted by molar-refractivity contribution is 7.19. The zero-order valence-corrected chi connectivity index (χ0v) is 13.4. The summed E-state index contributed by atoms with van der Waals surface area (Å²) in [5, 5.41) is 11.0. The summed E-state index contributed by atoms with van der Waals surface area (Å²) in [5.41, 5.74) is 1.58. The fourth-order valence-corrected chi connectivity index (χ4v) is 3.27. The van der Waals surface area contributed by atoms with Crippen LogP contribution in [-0.2, 0) is 0 Å². The number of carbonyl (C=O) groups excluding carboxylic acids is 1. The highest BCUT2D eigenvalue weighted by Crippen LogP contribution is 2.24. The minimum Gasteiger partial charge on any atom is -0.494 e. The third-order valence-electron chi connectivity index (χ3n) is 3.28. The van der Waals surface area contributed by atoms with Crippen LogP contribution in [0.2, 0.25) is 0 Å². The van der Waals surface area contributed by atoms with E-state index in [0.29, 0.717) is 11.5 Å². The standard InChI is InChI=1S/C15H16N4O2S/c1-4-21-12-7-5-11(6-8-12)16-14(20)13-9(2)19-10(3)17-18-15(19)22-13/h5-8H,4H2,1-3H3,(H,16,20). The van der Waals surface area contributed by atoms with Crippen molar-refractivity contribution in [2.45, 2.75) is 20.8 Å². The van der Waals surface area contributed by atoms with E-state index >= 15 is 0 Å². The Hall–Kier alpha value is -2.41. The second kappa shape index (κ2) is 5.76. The van der Waals surface area contributed by atoms with Crippen LogP contribution in [0.1, 0.15) is 28.1 Å². The van der Waals surface area contributed by atoms with Crippen molar-refractivity contribution in [3.05, 3.63) is 40.7 Å². The molecule has 1 aromatic carbocycles. The van der Waals surface area contributed by atoms with Crippen LogP contribution in [0.15, 0.2) is 24.3 Å². The molecule has 1 amide bonds. The maximum atomic E-state index is 12.4. The third-order valence-corrected chi connectivity index (χ3v) is 4.41. The molecule has 0 aliphatic rings. The fraction of sp³-hybridized carbons (Fsp3) is 0.267. The lowest BCUT2D eigenvalue weighted by molar-refractivity contribution is 0.102. The molecule has 22 heavy (non-hydrogen) atoms. The third kappa shape index (κ3) is 2.55. The normalized spacial score (nSPS) is 10.9. The van der Waals surface area contributed by atoms with Crippen LogP contribution in [0, 0.1) is 13.8 Å². The monoisotopic (exact) mass is 316 g/mol. The van der Waals surface area contributed by atoms with Crippen molar-refractivity contribution in [1.29, 1.82) is 0 Å². The number of aromatic nitrogens is 3. The zero-order chi connectivity index (χ0) is 15.7. The Morgan fingerprint density at radius 2 is 2.00 bits per heavy atom. The van der Waals surface area contributed by atoms with Crippen LogP contribution in [0.5, 0.6) is 5.75 Å². The van der Waals surface area contributed by atoms with Crippen molar-refractivity contribution in [2.24, 2.45) is 0 Å². The number of benzene rings is 1. The van der Waals surface area contributed by atoms with E-state index in [1.807, 2.05) is 49.4 Å². The van der Waals surface area contributed by atoms with Gasteiger partial charge in [-0.05, 0) is 45.0 Å². The molecular formula is C15H16N4O2S. The van der Waals surface area contributed by atoms with Gasteiger partial charge in [-0.15, -0.1) is 10.2 Å². The number of carbonyl (C=O) groups is 1. The second-order valence-electron chi connectivity index (χ2n) is 4.79. The van der Waals surface area contributed by atoms with Crippen molar-refractivity contribution in [1.82, 2.24) is 14.6 Å². The van der Waals surface area contributed by atoms with Crippen molar-refractivity contribution in [2.75, 3.05) is 11.9 Å². The largest absolute Gasteiger partial charge is 0.494 e. The summed E-state index contributed by atoms with van der Waals surface area (Å²) in [5.74, 6) is 1.42. The number of aryl methyl sites for hydroxylation is 2. The van der Waals surface area contributed by atoms with E-state index in [2.05, 4.69) is 15.5 Å². The van der Waals surface area contributed by atoms with Gasteiger partial charge in [0, 0.05) is 11.4 Å². The SMILES string of the molecule is CCOc1ccc(NC(=O)c2sc3nnc(C)n3c2C)cc1. The molecule has 0 radical (unpaired) electrons. The highest BCUT2D eigenvalue weighted by atomic mass is 32.1. The Labute approximate surface area is 131 Å². The Balaban J connectivity index is 1.82. The number of thiazole rings is 1. The lowest BCUT2D eigenvalue weighted by Gasteiger charge is -2.06. The van der Waals surface area contributed by atoms with Crippen molar-refractivity contribution >= 4 is 27.9 Å². The van der Waals surface area contributed by atoms with E-state index in [1.165, 1.54) is 11.3 Å². The molecule has 1 N–H and O–H groups in total. The minimum absolute atomic E-state index is 0.142. The molecule has 2 aromatic heterocycles. The number of anilines is 1. The lowest BCUT2D eigenvalue weighted by Crippen LogP contribution is -2.12. The summed E-state index contributed by atoms with van der Waals surface area (Å²) >= 11 is 1.34. The first-order chi connectivity index (χ1) is 10.6. The van der Waals surface area contributed by atoms with Crippen molar-refractivity contribution < 1.29 is 9.53 Å². The number of ether oxygens (including phenoxy) is 1. The number of hydrogen-bond acceptors (Lipinski definition) is 5. The van der Waals surface area contributed by atoms with E-state index in [-0.39, 0.29) is 5.91 Å². The summed E-state index contributed by atoms with van der Waals surface area (Å²) < 4.78 is 7.27. The lowest BCUT2D eigenvalue weighted by atomic mass is 10.3. The molecule has 6 nitrogen and oxygen atoms in total. The van der Waals surface area contributed by atoms with Crippen LogP contribution >= 0.6 is 11.3 Å². The molecule has 114 valence electrons. The van der Waals surface area contributed by atoms with Gasteiger partial charge in [0.2, 0.25) is 4.96 Å². The molecule has 0 aliphatic carbocycles. The number of fused-ring (bicyclic) bond motifs is 1. The van der Waals surface area contributed by atoms with Crippen LogP contribution < -0.4 is 10.1 Å². The molecule has 0 aliphatic heterocycles. The maximum Gasteiger partial charge on any atom is 0.267 e. The van der Waals surface area contributed by atoms with E-state index < -0.39 is 0 Å². The number of amides is 1. The zero-order valence-electron chi connectivity index (χ0n) is 12.6. The van der Waals surface area contributed by atoms with Crippen LogP contribution in [0.4, 0.5) is 5.69 Å². The molecule has 0 saturated carbocycles. The number of rotatable bonds is 4. The number of nitrogens with zero attached hydrogens (tertiary/aromatic N) is 3. The Morgan fingerprint density at radius 1 is 1.27 bits per heavy atom. The molecular weight excluding hydrogens is 300 g/mol. The first kappa shape index (κ1) is 14.5. The fourth-order valence-electron chi connectivity index (χ4n) is 2.26. The summed E-state index contributed by atoms with van der Waals surface area (Å²) in [7, 11) is 0. The smallest absolute Gasteiger partial charge is 0.267 e. The Kier molecular flexibility index (Phi) is 3.81. The van der Waals surface area contributed by atoms with Gasteiger partial charge in [0.15, 0.2) is 0 Å². The quantitative estimate of drug-likeness (QED) is 0.803. The summed E-state index contributed by atoms with van der Waals surface area (Å²) in [4.78, 5) is 13.8. The first-order valence-electron chi connectivity index (χ1n) is 6.95. The molecule has 0 fully saturated rings. The van der Waals surface area contributed by atoms with Crippen LogP contribution in [-0.4, -0.2) is 27.1 Å². The van der Waals surface area contributed by atoms with E-state index in [4.69, 9.17) is 4.74 Å². The van der Waals surface area contributed by atoms with E-state index in [1.54, 1.807) is 0 Å². The van der Waals surface area contributed by atoms with Gasteiger partial charge in [0.05, 0.1) is 6.61 Å². The molecule has 0 bridgehead atoms. The van der Waals surface area contributed by atoms with Crippen LogP contribution in [0.3, 0.4) is 0 Å². The first-order valence-corrected chi connectivity index (χ1v) is 7.77. The topological polar surface area (TPSA) is 68.5 Å². The van der Waals surface area contributed by atoms with Gasteiger partial charge in [-0.2, -0.15) is 0 Å². The molecule has 3 rings (SSSR count). The van der Waals surface area contributed by atoms with Crippen molar-refractivity contribution in [3.8, 4) is 5.75 Å². The Morgan fingerprint density at radius 3 is 2.64 bits per heavy atom. The van der Waals surface area contributed by atoms with Gasteiger partial charge < -0.3 is 10.1 Å². The van der Waals surface area contributed by atoms with Gasteiger partial charge in [-0.1, -0.05) is 11.3 Å². The van der Waals surface area contributed by atoms with Gasteiger partial charge >= 0.3 is 0 Å². The summed E-state index contributed by atoms with van der Waals surface area (Å²) in [6, 6.07) is 7.32. The number of nitrogens with one attached hydrogen (secondary N) is 1. The highest BCUT2D eigenvalue weighted by Gasteiger charge is 2.18. The Bertz CT molecular complexity index is 820. The summed E-state index contributed by atoms with van der Waals surface area (Å²) in [6.07, 6.45) is 0. The molecule has 0 unspecified atom stereocenters. The van der Waals surface area contributed by atoms with Crippen molar-refractivity contribution in [3.63, 3.8) is 0 Å². The summed E-state index contributed by atoms with van der Waals surface area (Å²) in [6.45, 7) is 6.32. The minimum atomic E-state index is -0.142. The molecule has 0 saturated heterocycles. The maximum absolute atomic E-state index is 12.4. The average molecular weight is 316 g/mol. The van der Waals surface area contributed by atoms with Gasteiger partial charge in [-0.3, -0.25) is 9.20 Å². The van der Waals surface area contributed by atoms with Gasteiger partial charge in [0.25, 0.3) is 5.91 Å². The molecule has 0 atom stereocenters. The predicted octanol–water partition coefficient (Wildman–Crippen LogP) is 3.06. The van der Waals surface area contributed by atoms with Gasteiger partial charge in [0.1, 0.15) is 16.5 Å².